The van der Waals surface area contributed by atoms with Crippen LogP contribution in [0.4, 0.5) is 0 Å². The number of ether oxygens (including phenoxy) is 2. The lowest BCUT2D eigenvalue weighted by molar-refractivity contribution is -0.117. The summed E-state index contributed by atoms with van der Waals surface area (Å²) in [6.45, 7) is 0.504. The molecule has 0 atom stereocenters. The van der Waals surface area contributed by atoms with Gasteiger partial charge < -0.3 is 14.4 Å². The van der Waals surface area contributed by atoms with Gasteiger partial charge in [-0.3, -0.25) is 4.79 Å². The Bertz CT molecular complexity index is 339. The summed E-state index contributed by atoms with van der Waals surface area (Å²) in [5, 5.41) is 0. The molecule has 1 amide bonds. The van der Waals surface area contributed by atoms with Crippen molar-refractivity contribution in [3.8, 4) is 11.5 Å². The van der Waals surface area contributed by atoms with Crippen LogP contribution >= 0.6 is 0 Å². The molecule has 15 heavy (non-hydrogen) atoms. The van der Waals surface area contributed by atoms with Gasteiger partial charge in [0.1, 0.15) is 11.5 Å². The van der Waals surface area contributed by atoms with Gasteiger partial charge in [0.2, 0.25) is 6.41 Å². The van der Waals surface area contributed by atoms with Crippen LogP contribution < -0.4 is 9.47 Å². The normalized spacial score (nSPS) is 9.53. The Morgan fingerprint density at radius 1 is 1.33 bits per heavy atom. The molecule has 0 unspecified atom stereocenters. The summed E-state index contributed by atoms with van der Waals surface area (Å²) >= 11 is 0. The molecular weight excluding hydrogens is 194 g/mol. The Morgan fingerprint density at radius 3 is 2.60 bits per heavy atom. The van der Waals surface area contributed by atoms with Gasteiger partial charge in [0.05, 0.1) is 14.2 Å². The lowest BCUT2D eigenvalue weighted by Gasteiger charge is -2.14. The van der Waals surface area contributed by atoms with E-state index < -0.39 is 0 Å². The summed E-state index contributed by atoms with van der Waals surface area (Å²) in [7, 11) is 4.92. The van der Waals surface area contributed by atoms with Gasteiger partial charge in [0, 0.05) is 19.2 Å². The van der Waals surface area contributed by atoms with Crippen molar-refractivity contribution in [2.75, 3.05) is 21.3 Å². The fourth-order valence-electron chi connectivity index (χ4n) is 1.31. The van der Waals surface area contributed by atoms with Crippen LogP contribution in [0.15, 0.2) is 18.2 Å². The first kappa shape index (κ1) is 11.4. The molecule has 4 heteroatoms. The van der Waals surface area contributed by atoms with Crippen LogP contribution in [-0.2, 0) is 11.3 Å². The van der Waals surface area contributed by atoms with E-state index in [-0.39, 0.29) is 0 Å². The maximum Gasteiger partial charge on any atom is 0.209 e. The molecule has 0 spiro atoms. The largest absolute Gasteiger partial charge is 0.497 e. The van der Waals surface area contributed by atoms with Crippen molar-refractivity contribution in [1.82, 2.24) is 4.90 Å². The summed E-state index contributed by atoms with van der Waals surface area (Å²) in [6.07, 6.45) is 0.777. The summed E-state index contributed by atoms with van der Waals surface area (Å²) in [5.41, 5.74) is 0.923. The quantitative estimate of drug-likeness (QED) is 0.686. The molecule has 0 aliphatic rings. The molecule has 0 fully saturated rings. The Labute approximate surface area is 89.4 Å². The van der Waals surface area contributed by atoms with E-state index in [1.807, 2.05) is 18.2 Å². The predicted molar refractivity (Wildman–Crippen MR) is 57.1 cm³/mol. The zero-order valence-electron chi connectivity index (χ0n) is 9.19. The van der Waals surface area contributed by atoms with Crippen LogP contribution in [0, 0.1) is 0 Å². The number of hydrogen-bond donors (Lipinski definition) is 0. The molecule has 0 bridgehead atoms. The fourth-order valence-corrected chi connectivity index (χ4v) is 1.31. The molecule has 0 saturated carbocycles. The summed E-state index contributed by atoms with van der Waals surface area (Å²) in [6, 6.07) is 5.51. The zero-order chi connectivity index (χ0) is 11.3. The number of methoxy groups -OCH3 is 2. The molecule has 82 valence electrons. The standard InChI is InChI=1S/C11H15NO3/c1-12(8-13)7-9-6-10(14-2)4-5-11(9)15-3/h4-6,8H,7H2,1-3H3. The molecule has 1 aromatic rings. The minimum Gasteiger partial charge on any atom is -0.497 e. The highest BCUT2D eigenvalue weighted by atomic mass is 16.5. The molecule has 0 radical (unpaired) electrons. The SMILES string of the molecule is COc1ccc(OC)c(CN(C)C=O)c1. The molecular formula is C11H15NO3. The first-order valence-corrected chi connectivity index (χ1v) is 4.57. The molecule has 0 N–H and O–H groups in total. The Kier molecular flexibility index (Phi) is 3.97. The van der Waals surface area contributed by atoms with Crippen molar-refractivity contribution in [2.24, 2.45) is 0 Å². The van der Waals surface area contributed by atoms with Crippen LogP contribution in [0.5, 0.6) is 11.5 Å². The second kappa shape index (κ2) is 5.24. The minimum absolute atomic E-state index is 0.504. The molecule has 0 aliphatic heterocycles. The molecule has 0 aromatic heterocycles. The first-order chi connectivity index (χ1) is 7.21. The van der Waals surface area contributed by atoms with E-state index in [9.17, 15) is 4.79 Å². The van der Waals surface area contributed by atoms with Gasteiger partial charge in [-0.1, -0.05) is 0 Å². The average Bonchev–Trinajstić information content (AvgIpc) is 2.28. The van der Waals surface area contributed by atoms with Gasteiger partial charge in [0.15, 0.2) is 0 Å². The second-order valence-corrected chi connectivity index (χ2v) is 3.20. The van der Waals surface area contributed by atoms with E-state index in [0.29, 0.717) is 6.54 Å². The summed E-state index contributed by atoms with van der Waals surface area (Å²) in [4.78, 5) is 12.1. The summed E-state index contributed by atoms with van der Waals surface area (Å²) < 4.78 is 10.3. The van der Waals surface area contributed by atoms with Crippen molar-refractivity contribution < 1.29 is 14.3 Å². The molecule has 1 aromatic carbocycles. The molecule has 0 aliphatic carbocycles. The van der Waals surface area contributed by atoms with E-state index in [4.69, 9.17) is 9.47 Å². The third-order valence-corrected chi connectivity index (χ3v) is 2.09. The van der Waals surface area contributed by atoms with Crippen LogP contribution in [-0.4, -0.2) is 32.6 Å². The average molecular weight is 209 g/mol. The third kappa shape index (κ3) is 2.87. The van der Waals surface area contributed by atoms with E-state index >= 15 is 0 Å². The Balaban J connectivity index is 2.95. The van der Waals surface area contributed by atoms with Crippen LogP contribution in [0.1, 0.15) is 5.56 Å². The van der Waals surface area contributed by atoms with Gasteiger partial charge in [-0.2, -0.15) is 0 Å². The van der Waals surface area contributed by atoms with Crippen LogP contribution in [0.2, 0.25) is 0 Å². The number of rotatable bonds is 5. The van der Waals surface area contributed by atoms with Gasteiger partial charge >= 0.3 is 0 Å². The fraction of sp³-hybridized carbons (Fsp3) is 0.364. The molecule has 4 nitrogen and oxygen atoms in total. The van der Waals surface area contributed by atoms with E-state index in [2.05, 4.69) is 0 Å². The highest BCUT2D eigenvalue weighted by Gasteiger charge is 2.06. The molecule has 1 rings (SSSR count). The van der Waals surface area contributed by atoms with Crippen molar-refractivity contribution >= 4 is 6.41 Å². The van der Waals surface area contributed by atoms with E-state index in [1.165, 1.54) is 4.90 Å². The van der Waals surface area contributed by atoms with Crippen LogP contribution in [0.3, 0.4) is 0 Å². The van der Waals surface area contributed by atoms with Crippen LogP contribution in [0.25, 0.3) is 0 Å². The molecule has 0 heterocycles. The maximum atomic E-state index is 10.5. The zero-order valence-corrected chi connectivity index (χ0v) is 9.19. The van der Waals surface area contributed by atoms with Gasteiger partial charge in [-0.25, -0.2) is 0 Å². The van der Waals surface area contributed by atoms with Gasteiger partial charge in [0.25, 0.3) is 0 Å². The second-order valence-electron chi connectivity index (χ2n) is 3.20. The number of nitrogens with zero attached hydrogens (tertiary/aromatic N) is 1. The monoisotopic (exact) mass is 209 g/mol. The maximum absolute atomic E-state index is 10.5. The van der Waals surface area contributed by atoms with Crippen molar-refractivity contribution in [3.05, 3.63) is 23.8 Å². The lowest BCUT2D eigenvalue weighted by atomic mass is 10.2. The topological polar surface area (TPSA) is 38.8 Å². The first-order valence-electron chi connectivity index (χ1n) is 4.57. The third-order valence-electron chi connectivity index (χ3n) is 2.09. The highest BCUT2D eigenvalue weighted by Crippen LogP contribution is 2.24. The summed E-state index contributed by atoms with van der Waals surface area (Å²) in [5.74, 6) is 1.51. The van der Waals surface area contributed by atoms with Gasteiger partial charge in [-0.05, 0) is 18.2 Å². The number of carbonyl (C=O) groups is 1. The highest BCUT2D eigenvalue weighted by molar-refractivity contribution is 5.48. The van der Waals surface area contributed by atoms with Gasteiger partial charge in [-0.15, -0.1) is 0 Å². The van der Waals surface area contributed by atoms with E-state index in [0.717, 1.165) is 23.5 Å². The Hall–Kier alpha value is -1.71. The van der Waals surface area contributed by atoms with Crippen molar-refractivity contribution in [3.63, 3.8) is 0 Å². The number of benzene rings is 1. The molecule has 0 saturated heterocycles. The minimum atomic E-state index is 0.504. The number of amides is 1. The van der Waals surface area contributed by atoms with Crippen molar-refractivity contribution in [1.29, 1.82) is 0 Å². The lowest BCUT2D eigenvalue weighted by Crippen LogP contribution is -2.15. The number of carbonyl (C=O) groups excluding carboxylic acids is 1. The smallest absolute Gasteiger partial charge is 0.209 e. The van der Waals surface area contributed by atoms with E-state index in [1.54, 1.807) is 21.3 Å². The number of hydrogen-bond acceptors (Lipinski definition) is 3. The predicted octanol–water partition coefficient (Wildman–Crippen LogP) is 1.29. The van der Waals surface area contributed by atoms with Crippen molar-refractivity contribution in [2.45, 2.75) is 6.54 Å². The Morgan fingerprint density at radius 2 is 2.07 bits per heavy atom.